The van der Waals surface area contributed by atoms with Gasteiger partial charge in [0.05, 0.1) is 4.08 Å². The summed E-state index contributed by atoms with van der Waals surface area (Å²) < 4.78 is 6.19. The molecule has 4 bridgehead atoms. The van der Waals surface area contributed by atoms with E-state index in [9.17, 15) is 5.11 Å². The number of hydrogen-bond donors (Lipinski definition) is 1. The molecule has 4 saturated heterocycles. The Labute approximate surface area is 93.2 Å². The van der Waals surface area contributed by atoms with Crippen molar-refractivity contribution < 1.29 is 9.84 Å². The van der Waals surface area contributed by atoms with Gasteiger partial charge in [0.15, 0.2) is 5.79 Å². The minimum absolute atomic E-state index is 0.146. The standard InChI is InChI=1S/C10H16O2S2/c1-7-4-8(2)12-10(11,5-7)6-9(3,13-7)14-8/h11H,4-6H2,1-3H3/t7-,8+,9+,10+/m1/s1. The van der Waals surface area contributed by atoms with E-state index < -0.39 is 5.79 Å². The molecule has 4 aliphatic rings. The molecule has 0 spiro atoms. The number of thioether (sulfide) groups is 2. The number of rotatable bonds is 0. The lowest BCUT2D eigenvalue weighted by Gasteiger charge is -2.65. The van der Waals surface area contributed by atoms with Gasteiger partial charge in [-0.25, -0.2) is 0 Å². The zero-order chi connectivity index (χ0) is 10.2. The fourth-order valence-corrected chi connectivity index (χ4v) is 8.78. The minimum atomic E-state index is -0.854. The predicted octanol–water partition coefficient (Wildman–Crippen LogP) is 2.56. The van der Waals surface area contributed by atoms with Gasteiger partial charge in [0.1, 0.15) is 4.93 Å². The molecule has 2 nitrogen and oxygen atoms in total. The molecule has 14 heavy (non-hydrogen) atoms. The van der Waals surface area contributed by atoms with Crippen LogP contribution in [0.1, 0.15) is 40.0 Å². The van der Waals surface area contributed by atoms with Crippen LogP contribution in [0.2, 0.25) is 0 Å². The second-order valence-electron chi connectivity index (χ2n) is 5.50. The van der Waals surface area contributed by atoms with Gasteiger partial charge < -0.3 is 9.84 Å². The summed E-state index contributed by atoms with van der Waals surface area (Å²) in [5.41, 5.74) is 0. The van der Waals surface area contributed by atoms with Gasteiger partial charge in [0.25, 0.3) is 0 Å². The van der Waals surface area contributed by atoms with E-state index in [1.165, 1.54) is 0 Å². The molecule has 0 radical (unpaired) electrons. The second kappa shape index (κ2) is 2.31. The SMILES string of the molecule is C[C@@]12C[C@@]3(O)C[C@@](C)(S1)S[C@@](C)(C2)O3. The summed E-state index contributed by atoms with van der Waals surface area (Å²) in [4.78, 5) is -0.167. The molecule has 4 fully saturated rings. The molecule has 0 aromatic heterocycles. The highest BCUT2D eigenvalue weighted by atomic mass is 32.2. The first-order valence-corrected chi connectivity index (χ1v) is 6.70. The molecule has 4 atom stereocenters. The number of hydrogen-bond acceptors (Lipinski definition) is 4. The average molecular weight is 232 g/mol. The molecule has 0 aliphatic carbocycles. The molecule has 1 N–H and O–H groups in total. The van der Waals surface area contributed by atoms with Crippen LogP contribution in [-0.2, 0) is 4.74 Å². The van der Waals surface area contributed by atoms with Crippen LogP contribution in [0.5, 0.6) is 0 Å². The molecule has 4 heteroatoms. The van der Waals surface area contributed by atoms with Crippen LogP contribution in [0.15, 0.2) is 0 Å². The summed E-state index contributed by atoms with van der Waals surface area (Å²) in [6.45, 7) is 6.63. The van der Waals surface area contributed by atoms with E-state index in [0.717, 1.165) is 19.3 Å². The van der Waals surface area contributed by atoms with Crippen molar-refractivity contribution in [1.29, 1.82) is 0 Å². The zero-order valence-corrected chi connectivity index (χ0v) is 10.4. The van der Waals surface area contributed by atoms with Gasteiger partial charge in [-0.15, -0.1) is 23.5 Å². The van der Waals surface area contributed by atoms with Crippen molar-refractivity contribution in [2.75, 3.05) is 0 Å². The van der Waals surface area contributed by atoms with Crippen molar-refractivity contribution in [3.05, 3.63) is 0 Å². The van der Waals surface area contributed by atoms with Crippen molar-refractivity contribution in [3.8, 4) is 0 Å². The van der Waals surface area contributed by atoms with Crippen LogP contribution in [0.4, 0.5) is 0 Å². The molecule has 4 aliphatic heterocycles. The molecule has 0 unspecified atom stereocenters. The van der Waals surface area contributed by atoms with Gasteiger partial charge >= 0.3 is 0 Å². The van der Waals surface area contributed by atoms with E-state index in [4.69, 9.17) is 4.74 Å². The van der Waals surface area contributed by atoms with Gasteiger partial charge in [0.2, 0.25) is 0 Å². The summed E-state index contributed by atoms with van der Waals surface area (Å²) in [7, 11) is 0. The lowest BCUT2D eigenvalue weighted by Crippen LogP contribution is -2.65. The van der Waals surface area contributed by atoms with Gasteiger partial charge in [-0.1, -0.05) is 6.92 Å². The van der Waals surface area contributed by atoms with E-state index in [2.05, 4.69) is 20.8 Å². The molecular formula is C10H16O2S2. The Hall–Kier alpha value is 0.620. The highest BCUT2D eigenvalue weighted by Gasteiger charge is 2.66. The van der Waals surface area contributed by atoms with Crippen molar-refractivity contribution >= 4 is 23.5 Å². The zero-order valence-electron chi connectivity index (χ0n) is 8.79. The predicted molar refractivity (Wildman–Crippen MR) is 60.3 cm³/mol. The Kier molecular flexibility index (Phi) is 1.62. The van der Waals surface area contributed by atoms with E-state index >= 15 is 0 Å². The highest BCUT2D eigenvalue weighted by Crippen LogP contribution is 2.71. The van der Waals surface area contributed by atoms with Crippen LogP contribution in [-0.4, -0.2) is 24.7 Å². The molecule has 0 aromatic carbocycles. The van der Waals surface area contributed by atoms with E-state index in [-0.39, 0.29) is 13.8 Å². The van der Waals surface area contributed by atoms with Gasteiger partial charge in [-0.2, -0.15) is 0 Å². The Balaban J connectivity index is 2.08. The van der Waals surface area contributed by atoms with Crippen LogP contribution in [0.25, 0.3) is 0 Å². The smallest absolute Gasteiger partial charge is 0.170 e. The number of ether oxygens (including phenoxy) is 1. The Morgan fingerprint density at radius 1 is 1.07 bits per heavy atom. The van der Waals surface area contributed by atoms with Crippen LogP contribution >= 0.6 is 23.5 Å². The highest BCUT2D eigenvalue weighted by molar-refractivity contribution is 8.20. The topological polar surface area (TPSA) is 29.5 Å². The first kappa shape index (κ1) is 9.82. The largest absolute Gasteiger partial charge is 0.365 e. The quantitative estimate of drug-likeness (QED) is 0.695. The van der Waals surface area contributed by atoms with Crippen LogP contribution < -0.4 is 0 Å². The Morgan fingerprint density at radius 2 is 1.79 bits per heavy atom. The van der Waals surface area contributed by atoms with Gasteiger partial charge in [0, 0.05) is 24.0 Å². The van der Waals surface area contributed by atoms with Crippen LogP contribution in [0, 0.1) is 0 Å². The maximum absolute atomic E-state index is 10.3. The first-order valence-electron chi connectivity index (χ1n) is 5.07. The normalized spacial score (nSPS) is 66.0. The fourth-order valence-electron chi connectivity index (χ4n) is 3.60. The van der Waals surface area contributed by atoms with E-state index in [1.807, 2.05) is 23.5 Å². The lowest BCUT2D eigenvalue weighted by atomic mass is 9.86. The van der Waals surface area contributed by atoms with Crippen molar-refractivity contribution in [2.24, 2.45) is 0 Å². The van der Waals surface area contributed by atoms with Crippen LogP contribution in [0.3, 0.4) is 0 Å². The maximum Gasteiger partial charge on any atom is 0.170 e. The summed E-state index contributed by atoms with van der Waals surface area (Å²) in [5, 5.41) is 10.3. The third-order valence-corrected chi connectivity index (χ3v) is 6.34. The Morgan fingerprint density at radius 3 is 2.29 bits per heavy atom. The summed E-state index contributed by atoms with van der Waals surface area (Å²) in [6, 6.07) is 0. The minimum Gasteiger partial charge on any atom is -0.365 e. The second-order valence-corrected chi connectivity index (χ2v) is 9.82. The van der Waals surface area contributed by atoms with Crippen molar-refractivity contribution in [2.45, 2.75) is 59.6 Å². The molecule has 4 heterocycles. The fraction of sp³-hybridized carbons (Fsp3) is 1.00. The average Bonchev–Trinajstić information content (AvgIpc) is 1.67. The van der Waals surface area contributed by atoms with Gasteiger partial charge in [-0.05, 0) is 13.8 Å². The monoisotopic (exact) mass is 232 g/mol. The maximum atomic E-state index is 10.3. The van der Waals surface area contributed by atoms with E-state index in [0.29, 0.717) is 0 Å². The van der Waals surface area contributed by atoms with Crippen molar-refractivity contribution in [3.63, 3.8) is 0 Å². The first-order chi connectivity index (χ1) is 6.24. The molecular weight excluding hydrogens is 216 g/mol. The van der Waals surface area contributed by atoms with Gasteiger partial charge in [-0.3, -0.25) is 0 Å². The lowest BCUT2D eigenvalue weighted by molar-refractivity contribution is -0.279. The molecule has 0 amide bonds. The molecule has 0 aromatic rings. The van der Waals surface area contributed by atoms with Crippen molar-refractivity contribution in [1.82, 2.24) is 0 Å². The molecule has 80 valence electrons. The molecule has 0 saturated carbocycles. The molecule has 4 rings (SSSR count). The summed E-state index contributed by atoms with van der Waals surface area (Å²) >= 11 is 3.92. The van der Waals surface area contributed by atoms with E-state index in [1.54, 1.807) is 0 Å². The third-order valence-electron chi connectivity index (χ3n) is 3.24. The Bertz CT molecular complexity index is 209. The summed E-state index contributed by atoms with van der Waals surface area (Å²) in [5.74, 6) is -0.854. The summed E-state index contributed by atoms with van der Waals surface area (Å²) in [6.07, 6.45) is 2.60. The number of aliphatic hydroxyl groups is 1. The third kappa shape index (κ3) is 1.27.